The zero-order chi connectivity index (χ0) is 9.80. The molecule has 2 fully saturated rings. The Labute approximate surface area is 86.5 Å². The number of rotatable bonds is 3. The van der Waals surface area contributed by atoms with Crippen molar-refractivity contribution >= 4 is 0 Å². The predicted octanol–water partition coefficient (Wildman–Crippen LogP) is 0.443. The van der Waals surface area contributed by atoms with E-state index in [2.05, 4.69) is 10.2 Å². The molecule has 0 aromatic rings. The Morgan fingerprint density at radius 1 is 1.36 bits per heavy atom. The molecular formula is C11H22N2O. The molecule has 0 spiro atoms. The van der Waals surface area contributed by atoms with Crippen LogP contribution < -0.4 is 5.32 Å². The van der Waals surface area contributed by atoms with Gasteiger partial charge in [0.2, 0.25) is 0 Å². The summed E-state index contributed by atoms with van der Waals surface area (Å²) in [6.07, 6.45) is 4.96. The van der Waals surface area contributed by atoms with Crippen LogP contribution in [0.15, 0.2) is 0 Å². The highest BCUT2D eigenvalue weighted by atomic mass is 16.3. The molecule has 2 atom stereocenters. The minimum atomic E-state index is -0.0560. The molecule has 2 aliphatic rings. The molecule has 0 aromatic carbocycles. The van der Waals surface area contributed by atoms with E-state index in [0.717, 1.165) is 25.4 Å². The lowest BCUT2D eigenvalue weighted by Gasteiger charge is -2.25. The molecular weight excluding hydrogens is 176 g/mol. The van der Waals surface area contributed by atoms with Gasteiger partial charge in [0.05, 0.1) is 6.10 Å². The first kappa shape index (κ1) is 10.4. The van der Waals surface area contributed by atoms with Gasteiger partial charge in [-0.1, -0.05) is 0 Å². The molecule has 2 N–H and O–H groups in total. The van der Waals surface area contributed by atoms with Crippen molar-refractivity contribution in [2.24, 2.45) is 5.92 Å². The normalized spacial score (nSPS) is 34.9. The summed E-state index contributed by atoms with van der Waals surface area (Å²) in [5.41, 5.74) is 0. The van der Waals surface area contributed by atoms with Gasteiger partial charge in [0, 0.05) is 13.1 Å². The first-order valence-electron chi connectivity index (χ1n) is 5.96. The van der Waals surface area contributed by atoms with E-state index in [1.165, 1.54) is 38.9 Å². The monoisotopic (exact) mass is 198 g/mol. The van der Waals surface area contributed by atoms with Crippen molar-refractivity contribution in [2.75, 3.05) is 32.7 Å². The van der Waals surface area contributed by atoms with Gasteiger partial charge in [0.1, 0.15) is 0 Å². The molecule has 0 aliphatic carbocycles. The van der Waals surface area contributed by atoms with Crippen molar-refractivity contribution in [1.29, 1.82) is 0 Å². The Bertz CT molecular complexity index is 164. The van der Waals surface area contributed by atoms with Crippen molar-refractivity contribution in [2.45, 2.75) is 31.8 Å². The van der Waals surface area contributed by atoms with Crippen LogP contribution >= 0.6 is 0 Å². The summed E-state index contributed by atoms with van der Waals surface area (Å²) in [6, 6.07) is 0. The highest BCUT2D eigenvalue weighted by Gasteiger charge is 2.21. The Morgan fingerprint density at radius 2 is 2.29 bits per heavy atom. The third kappa shape index (κ3) is 2.94. The van der Waals surface area contributed by atoms with Crippen LogP contribution in [0.1, 0.15) is 25.7 Å². The lowest BCUT2D eigenvalue weighted by atomic mass is 9.96. The highest BCUT2D eigenvalue weighted by molar-refractivity contribution is 4.76. The van der Waals surface area contributed by atoms with Gasteiger partial charge < -0.3 is 15.3 Å². The summed E-state index contributed by atoms with van der Waals surface area (Å²) in [5.74, 6) is 0.876. The number of aliphatic hydroxyl groups is 1. The molecule has 3 heteroatoms. The highest BCUT2D eigenvalue weighted by Crippen LogP contribution is 2.16. The van der Waals surface area contributed by atoms with Crippen LogP contribution in [0.2, 0.25) is 0 Å². The third-order valence-corrected chi connectivity index (χ3v) is 3.50. The summed E-state index contributed by atoms with van der Waals surface area (Å²) in [4.78, 5) is 2.40. The van der Waals surface area contributed by atoms with E-state index in [1.807, 2.05) is 0 Å². The van der Waals surface area contributed by atoms with Crippen LogP contribution in [0.5, 0.6) is 0 Å². The van der Waals surface area contributed by atoms with E-state index in [-0.39, 0.29) is 6.10 Å². The Morgan fingerprint density at radius 3 is 2.93 bits per heavy atom. The Hall–Kier alpha value is -0.120. The lowest BCUT2D eigenvalue weighted by Crippen LogP contribution is -2.32. The molecule has 2 rings (SSSR count). The van der Waals surface area contributed by atoms with Gasteiger partial charge in [-0.2, -0.15) is 0 Å². The molecule has 2 heterocycles. The first-order valence-corrected chi connectivity index (χ1v) is 5.96. The van der Waals surface area contributed by atoms with E-state index >= 15 is 0 Å². The van der Waals surface area contributed by atoms with Gasteiger partial charge in [-0.3, -0.25) is 0 Å². The van der Waals surface area contributed by atoms with Gasteiger partial charge in [-0.05, 0) is 51.2 Å². The second-order valence-corrected chi connectivity index (χ2v) is 4.74. The van der Waals surface area contributed by atoms with Crippen LogP contribution in [0.4, 0.5) is 0 Å². The van der Waals surface area contributed by atoms with E-state index in [1.54, 1.807) is 0 Å². The van der Waals surface area contributed by atoms with Gasteiger partial charge in [0.25, 0.3) is 0 Å². The van der Waals surface area contributed by atoms with Crippen molar-refractivity contribution in [3.8, 4) is 0 Å². The summed E-state index contributed by atoms with van der Waals surface area (Å²) < 4.78 is 0. The van der Waals surface area contributed by atoms with E-state index in [9.17, 15) is 5.11 Å². The maximum absolute atomic E-state index is 9.38. The van der Waals surface area contributed by atoms with E-state index in [4.69, 9.17) is 0 Å². The van der Waals surface area contributed by atoms with Gasteiger partial charge in [-0.25, -0.2) is 0 Å². The molecule has 2 aliphatic heterocycles. The number of aliphatic hydroxyl groups excluding tert-OH is 1. The SMILES string of the molecule is O[C@@H]1CCN(CC[C@H]2CCCNC2)C1. The summed E-state index contributed by atoms with van der Waals surface area (Å²) in [6.45, 7) is 5.60. The zero-order valence-electron chi connectivity index (χ0n) is 8.91. The predicted molar refractivity (Wildman–Crippen MR) is 57.3 cm³/mol. The number of nitrogens with zero attached hydrogens (tertiary/aromatic N) is 1. The molecule has 0 aromatic heterocycles. The molecule has 14 heavy (non-hydrogen) atoms. The van der Waals surface area contributed by atoms with Crippen LogP contribution in [0, 0.1) is 5.92 Å². The molecule has 0 bridgehead atoms. The second kappa shape index (κ2) is 5.10. The summed E-state index contributed by atoms with van der Waals surface area (Å²) in [5, 5.41) is 12.8. The fraction of sp³-hybridized carbons (Fsp3) is 1.00. The molecule has 0 amide bonds. The average Bonchev–Trinajstić information content (AvgIpc) is 2.63. The summed E-state index contributed by atoms with van der Waals surface area (Å²) in [7, 11) is 0. The molecule has 3 nitrogen and oxygen atoms in total. The zero-order valence-corrected chi connectivity index (χ0v) is 8.91. The van der Waals surface area contributed by atoms with Crippen molar-refractivity contribution in [1.82, 2.24) is 10.2 Å². The molecule has 0 radical (unpaired) electrons. The Balaban J connectivity index is 1.61. The van der Waals surface area contributed by atoms with E-state index < -0.39 is 0 Å². The minimum absolute atomic E-state index is 0.0560. The smallest absolute Gasteiger partial charge is 0.0679 e. The van der Waals surface area contributed by atoms with Crippen molar-refractivity contribution in [3.63, 3.8) is 0 Å². The first-order chi connectivity index (χ1) is 6.84. The number of hydrogen-bond donors (Lipinski definition) is 2. The maximum Gasteiger partial charge on any atom is 0.0679 e. The quantitative estimate of drug-likeness (QED) is 0.691. The van der Waals surface area contributed by atoms with Gasteiger partial charge in [-0.15, -0.1) is 0 Å². The van der Waals surface area contributed by atoms with Crippen molar-refractivity contribution in [3.05, 3.63) is 0 Å². The van der Waals surface area contributed by atoms with Crippen LogP contribution in [-0.2, 0) is 0 Å². The number of nitrogens with one attached hydrogen (secondary N) is 1. The largest absolute Gasteiger partial charge is 0.392 e. The Kier molecular flexibility index (Phi) is 3.79. The fourth-order valence-corrected chi connectivity index (χ4v) is 2.55. The average molecular weight is 198 g/mol. The topological polar surface area (TPSA) is 35.5 Å². The van der Waals surface area contributed by atoms with Crippen LogP contribution in [0.25, 0.3) is 0 Å². The molecule has 2 saturated heterocycles. The standard InChI is InChI=1S/C11H22N2O/c14-11-4-7-13(9-11)6-3-10-2-1-5-12-8-10/h10-12,14H,1-9H2/t10-,11-/m1/s1. The number of likely N-dealkylation sites (tertiary alicyclic amines) is 1. The second-order valence-electron chi connectivity index (χ2n) is 4.74. The molecule has 0 saturated carbocycles. The maximum atomic E-state index is 9.38. The van der Waals surface area contributed by atoms with Crippen LogP contribution in [0.3, 0.4) is 0 Å². The lowest BCUT2D eigenvalue weighted by molar-refractivity contribution is 0.172. The molecule has 0 unspecified atom stereocenters. The van der Waals surface area contributed by atoms with Crippen molar-refractivity contribution < 1.29 is 5.11 Å². The number of β-amino-alcohol motifs (C(OH)–C–C–N with tert-alkyl or cyclic N) is 1. The minimum Gasteiger partial charge on any atom is -0.392 e. The van der Waals surface area contributed by atoms with Gasteiger partial charge in [0.15, 0.2) is 0 Å². The molecule has 82 valence electrons. The number of piperidine rings is 1. The number of hydrogen-bond acceptors (Lipinski definition) is 3. The summed E-state index contributed by atoms with van der Waals surface area (Å²) >= 11 is 0. The third-order valence-electron chi connectivity index (χ3n) is 3.50. The van der Waals surface area contributed by atoms with E-state index in [0.29, 0.717) is 0 Å². The van der Waals surface area contributed by atoms with Gasteiger partial charge >= 0.3 is 0 Å². The van der Waals surface area contributed by atoms with Crippen LogP contribution in [-0.4, -0.2) is 48.8 Å². The fourth-order valence-electron chi connectivity index (χ4n) is 2.55.